The van der Waals surface area contributed by atoms with E-state index in [4.69, 9.17) is 4.42 Å². The van der Waals surface area contributed by atoms with Gasteiger partial charge in [0, 0.05) is 18.2 Å². The first kappa shape index (κ1) is 16.0. The molecular weight excluding hydrogens is 284 g/mol. The molecule has 0 bridgehead atoms. The summed E-state index contributed by atoms with van der Waals surface area (Å²) in [5.74, 6) is 0.937. The van der Waals surface area contributed by atoms with Gasteiger partial charge in [0.2, 0.25) is 11.8 Å². The second-order valence-corrected chi connectivity index (χ2v) is 5.36. The molecule has 1 atom stereocenters. The van der Waals surface area contributed by atoms with Crippen LogP contribution >= 0.6 is 0 Å². The highest BCUT2D eigenvalue weighted by Crippen LogP contribution is 2.20. The van der Waals surface area contributed by atoms with E-state index in [1.807, 2.05) is 6.92 Å². The lowest BCUT2D eigenvalue weighted by Gasteiger charge is -2.27. The van der Waals surface area contributed by atoms with Gasteiger partial charge in [-0.25, -0.2) is 4.79 Å². The second-order valence-electron chi connectivity index (χ2n) is 5.36. The molecule has 0 fully saturated rings. The van der Waals surface area contributed by atoms with E-state index in [1.165, 1.54) is 0 Å². The fraction of sp³-hybridized carbons (Fsp3) is 0.400. The van der Waals surface area contributed by atoms with Gasteiger partial charge >= 0.3 is 6.03 Å². The van der Waals surface area contributed by atoms with Crippen molar-refractivity contribution in [3.05, 3.63) is 30.2 Å². The fourth-order valence-corrected chi connectivity index (χ4v) is 1.79. The predicted molar refractivity (Wildman–Crippen MR) is 82.4 cm³/mol. The molecule has 0 saturated heterocycles. The number of nitrogens with one attached hydrogen (secondary N) is 2. The molecule has 1 heterocycles. The van der Waals surface area contributed by atoms with Crippen LogP contribution in [0.25, 0.3) is 11.5 Å². The number of aliphatic hydroxyl groups excluding tert-OH is 1. The van der Waals surface area contributed by atoms with Gasteiger partial charge in [0.1, 0.15) is 0 Å². The van der Waals surface area contributed by atoms with E-state index >= 15 is 0 Å². The van der Waals surface area contributed by atoms with Crippen LogP contribution < -0.4 is 10.6 Å². The molecule has 7 heteroatoms. The molecule has 0 saturated carbocycles. The van der Waals surface area contributed by atoms with Crippen molar-refractivity contribution in [1.82, 2.24) is 15.5 Å². The third-order valence-electron chi connectivity index (χ3n) is 3.46. The fourth-order valence-electron chi connectivity index (χ4n) is 1.79. The smallest absolute Gasteiger partial charge is 0.319 e. The minimum absolute atomic E-state index is 0.119. The van der Waals surface area contributed by atoms with E-state index in [2.05, 4.69) is 20.8 Å². The van der Waals surface area contributed by atoms with Crippen molar-refractivity contribution in [2.45, 2.75) is 32.7 Å². The molecular formula is C15H20N4O3. The number of aromatic nitrogens is 2. The van der Waals surface area contributed by atoms with Crippen LogP contribution in [0.1, 0.15) is 26.2 Å². The van der Waals surface area contributed by atoms with Gasteiger partial charge in [-0.2, -0.15) is 0 Å². The molecule has 2 rings (SSSR count). The van der Waals surface area contributed by atoms with Crippen molar-refractivity contribution in [3.63, 3.8) is 0 Å². The summed E-state index contributed by atoms with van der Waals surface area (Å²) in [6, 6.07) is 6.70. The number of carbonyl (C=O) groups is 1. The average molecular weight is 304 g/mol. The Bertz CT molecular complexity index is 632. The number of carbonyl (C=O) groups excluding carboxylic acids is 1. The minimum Gasteiger partial charge on any atom is -0.421 e. The monoisotopic (exact) mass is 304 g/mol. The maximum Gasteiger partial charge on any atom is 0.319 e. The van der Waals surface area contributed by atoms with Crippen molar-refractivity contribution in [2.24, 2.45) is 0 Å². The number of amides is 2. The lowest BCUT2D eigenvalue weighted by Crippen LogP contribution is -2.50. The number of hydrogen-bond acceptors (Lipinski definition) is 5. The van der Waals surface area contributed by atoms with Crippen LogP contribution in [0, 0.1) is 6.92 Å². The molecule has 0 aliphatic heterocycles. The Labute approximate surface area is 128 Å². The van der Waals surface area contributed by atoms with Crippen molar-refractivity contribution in [3.8, 4) is 11.5 Å². The van der Waals surface area contributed by atoms with Crippen molar-refractivity contribution >= 4 is 11.7 Å². The summed E-state index contributed by atoms with van der Waals surface area (Å²) >= 11 is 0. The van der Waals surface area contributed by atoms with E-state index in [9.17, 15) is 9.90 Å². The highest BCUT2D eigenvalue weighted by molar-refractivity contribution is 5.90. The summed E-state index contributed by atoms with van der Waals surface area (Å²) in [5.41, 5.74) is 0.778. The molecule has 2 amide bonds. The highest BCUT2D eigenvalue weighted by atomic mass is 16.4. The Balaban J connectivity index is 2.01. The number of anilines is 1. The maximum absolute atomic E-state index is 11.9. The normalized spacial score (nSPS) is 13.5. The van der Waals surface area contributed by atoms with Gasteiger partial charge in [-0.15, -0.1) is 10.2 Å². The van der Waals surface area contributed by atoms with Gasteiger partial charge in [-0.1, -0.05) is 6.92 Å². The Hall–Kier alpha value is -2.41. The number of hydrogen-bond donors (Lipinski definition) is 3. The maximum atomic E-state index is 11.9. The van der Waals surface area contributed by atoms with Gasteiger partial charge in [0.05, 0.1) is 12.1 Å². The molecule has 22 heavy (non-hydrogen) atoms. The van der Waals surface area contributed by atoms with E-state index < -0.39 is 5.54 Å². The molecule has 118 valence electrons. The van der Waals surface area contributed by atoms with Gasteiger partial charge in [-0.05, 0) is 37.6 Å². The van der Waals surface area contributed by atoms with Gasteiger partial charge < -0.3 is 20.2 Å². The average Bonchev–Trinajstić information content (AvgIpc) is 2.94. The first-order chi connectivity index (χ1) is 10.5. The van der Waals surface area contributed by atoms with Crippen molar-refractivity contribution in [1.29, 1.82) is 0 Å². The van der Waals surface area contributed by atoms with Crippen LogP contribution in [0.2, 0.25) is 0 Å². The largest absolute Gasteiger partial charge is 0.421 e. The second kappa shape index (κ2) is 6.57. The molecule has 1 aromatic heterocycles. The molecule has 1 unspecified atom stereocenters. The lowest BCUT2D eigenvalue weighted by atomic mass is 10.0. The number of urea groups is 1. The van der Waals surface area contributed by atoms with Crippen LogP contribution in [-0.2, 0) is 0 Å². The molecule has 7 nitrogen and oxygen atoms in total. The molecule has 1 aromatic carbocycles. The third-order valence-corrected chi connectivity index (χ3v) is 3.46. The molecule has 3 N–H and O–H groups in total. The molecule has 0 radical (unpaired) electrons. The minimum atomic E-state index is -0.634. The van der Waals surface area contributed by atoms with Crippen molar-refractivity contribution in [2.75, 3.05) is 11.9 Å². The number of rotatable bonds is 5. The summed E-state index contributed by atoms with van der Waals surface area (Å²) in [6.07, 6.45) is 0.631. The van der Waals surface area contributed by atoms with Crippen LogP contribution in [0.15, 0.2) is 28.7 Å². The molecule has 0 aliphatic rings. The van der Waals surface area contributed by atoms with Crippen molar-refractivity contribution < 1.29 is 14.3 Å². The van der Waals surface area contributed by atoms with Crippen LogP contribution in [0.5, 0.6) is 0 Å². The molecule has 2 aromatic rings. The third kappa shape index (κ3) is 3.82. The Kier molecular flexibility index (Phi) is 4.77. The lowest BCUT2D eigenvalue weighted by molar-refractivity contribution is 0.172. The standard InChI is InChI=1S/C15H20N4O3/c1-4-15(3,9-20)17-14(21)16-12-7-5-11(6-8-12)13-19-18-10(2)22-13/h5-8,20H,4,9H2,1-3H3,(H2,16,17,21). The quantitative estimate of drug-likeness (QED) is 0.787. The molecule has 0 spiro atoms. The summed E-state index contributed by atoms with van der Waals surface area (Å²) in [4.78, 5) is 11.9. The number of benzene rings is 1. The number of aryl methyl sites for hydroxylation is 1. The zero-order chi connectivity index (χ0) is 16.2. The zero-order valence-electron chi connectivity index (χ0n) is 12.9. The van der Waals surface area contributed by atoms with Crippen LogP contribution in [-0.4, -0.2) is 33.5 Å². The van der Waals surface area contributed by atoms with Gasteiger partial charge in [-0.3, -0.25) is 0 Å². The summed E-state index contributed by atoms with van der Waals surface area (Å²) < 4.78 is 5.34. The van der Waals surface area contributed by atoms with Gasteiger partial charge in [0.25, 0.3) is 0 Å². The molecule has 0 aliphatic carbocycles. The Morgan fingerprint density at radius 3 is 2.50 bits per heavy atom. The summed E-state index contributed by atoms with van der Waals surface area (Å²) in [6.45, 7) is 5.29. The number of nitrogens with zero attached hydrogens (tertiary/aromatic N) is 2. The van der Waals surface area contributed by atoms with Gasteiger partial charge in [0.15, 0.2) is 0 Å². The predicted octanol–water partition coefficient (Wildman–Crippen LogP) is 2.33. The highest BCUT2D eigenvalue weighted by Gasteiger charge is 2.23. The van der Waals surface area contributed by atoms with Crippen LogP contribution in [0.4, 0.5) is 10.5 Å². The first-order valence-electron chi connectivity index (χ1n) is 7.06. The summed E-state index contributed by atoms with van der Waals surface area (Å²) in [5, 5.41) is 22.5. The first-order valence-corrected chi connectivity index (χ1v) is 7.06. The van der Waals surface area contributed by atoms with E-state index in [1.54, 1.807) is 38.1 Å². The summed E-state index contributed by atoms with van der Waals surface area (Å²) in [7, 11) is 0. The topological polar surface area (TPSA) is 100 Å². The SMILES string of the molecule is CCC(C)(CO)NC(=O)Nc1ccc(-c2nnc(C)o2)cc1. The zero-order valence-corrected chi connectivity index (χ0v) is 12.9. The van der Waals surface area contributed by atoms with E-state index in [-0.39, 0.29) is 12.6 Å². The van der Waals surface area contributed by atoms with E-state index in [0.29, 0.717) is 23.9 Å². The van der Waals surface area contributed by atoms with E-state index in [0.717, 1.165) is 5.56 Å². The van der Waals surface area contributed by atoms with Crippen LogP contribution in [0.3, 0.4) is 0 Å². The Morgan fingerprint density at radius 2 is 2.00 bits per heavy atom. The number of aliphatic hydroxyl groups is 1. The Morgan fingerprint density at radius 1 is 1.32 bits per heavy atom.